The summed E-state index contributed by atoms with van der Waals surface area (Å²) in [7, 11) is 1.50. The fourth-order valence-electron chi connectivity index (χ4n) is 3.58. The second-order valence-corrected chi connectivity index (χ2v) is 8.56. The Kier molecular flexibility index (Phi) is 6.81. The van der Waals surface area contributed by atoms with Crippen LogP contribution in [0.25, 0.3) is 0 Å². The van der Waals surface area contributed by atoms with Crippen molar-refractivity contribution in [3.8, 4) is 17.2 Å². The molecule has 0 spiro atoms. The minimum Gasteiger partial charge on any atom is -0.497 e. The zero-order valence-electron chi connectivity index (χ0n) is 19.0. The summed E-state index contributed by atoms with van der Waals surface area (Å²) in [6.07, 6.45) is -3.52. The molecular weight excluding hydrogens is 505 g/mol. The van der Waals surface area contributed by atoms with Crippen LogP contribution in [-0.4, -0.2) is 27.7 Å². The molecular formula is C23H20ClF3N4O5. The smallest absolute Gasteiger partial charge is 0.436 e. The first-order valence-corrected chi connectivity index (χ1v) is 11.1. The summed E-state index contributed by atoms with van der Waals surface area (Å²) in [4.78, 5) is 23.7. The summed E-state index contributed by atoms with van der Waals surface area (Å²) in [5.74, 6) is 0.0556. The van der Waals surface area contributed by atoms with Gasteiger partial charge >= 0.3 is 6.18 Å². The molecule has 13 heteroatoms. The number of alkyl halides is 3. The summed E-state index contributed by atoms with van der Waals surface area (Å²) >= 11 is 6.00. The van der Waals surface area contributed by atoms with E-state index in [-0.39, 0.29) is 28.7 Å². The third-order valence-corrected chi connectivity index (χ3v) is 5.90. The van der Waals surface area contributed by atoms with Crippen molar-refractivity contribution in [2.45, 2.75) is 37.9 Å². The lowest BCUT2D eigenvalue weighted by molar-refractivity contribution is -0.384. The van der Waals surface area contributed by atoms with Crippen molar-refractivity contribution >= 4 is 28.9 Å². The van der Waals surface area contributed by atoms with E-state index in [4.69, 9.17) is 21.1 Å². The lowest BCUT2D eigenvalue weighted by Gasteiger charge is -2.16. The van der Waals surface area contributed by atoms with Crippen LogP contribution in [-0.2, 0) is 11.0 Å². The summed E-state index contributed by atoms with van der Waals surface area (Å²) in [5.41, 5.74) is -1.44. The fourth-order valence-corrected chi connectivity index (χ4v) is 3.97. The quantitative estimate of drug-likeness (QED) is 0.272. The maximum absolute atomic E-state index is 13.4. The number of carbonyl (C=O) groups is 1. The van der Waals surface area contributed by atoms with Crippen molar-refractivity contribution in [2.24, 2.45) is 0 Å². The summed E-state index contributed by atoms with van der Waals surface area (Å²) in [5, 5.41) is 17.0. The highest BCUT2D eigenvalue weighted by atomic mass is 35.5. The van der Waals surface area contributed by atoms with Crippen LogP contribution < -0.4 is 14.8 Å². The topological polar surface area (TPSA) is 109 Å². The number of aromatic nitrogens is 2. The lowest BCUT2D eigenvalue weighted by atomic mass is 10.2. The number of methoxy groups -OCH3 is 1. The average molecular weight is 525 g/mol. The highest BCUT2D eigenvalue weighted by Gasteiger charge is 2.43. The predicted molar refractivity (Wildman–Crippen MR) is 124 cm³/mol. The van der Waals surface area contributed by atoms with Gasteiger partial charge in [-0.25, -0.2) is 0 Å². The summed E-state index contributed by atoms with van der Waals surface area (Å²) < 4.78 is 51.9. The van der Waals surface area contributed by atoms with Crippen molar-refractivity contribution in [2.75, 3.05) is 12.4 Å². The summed E-state index contributed by atoms with van der Waals surface area (Å²) in [6.45, 7) is 1.37. The molecule has 1 aromatic heterocycles. The number of nitro benzene ring substituents is 1. The van der Waals surface area contributed by atoms with Crippen LogP contribution in [0.1, 0.15) is 43.1 Å². The minimum absolute atomic E-state index is 0.0202. The molecule has 1 aliphatic carbocycles. The maximum atomic E-state index is 13.4. The van der Waals surface area contributed by atoms with Gasteiger partial charge in [-0.15, -0.1) is 0 Å². The van der Waals surface area contributed by atoms with E-state index in [9.17, 15) is 28.1 Å². The first kappa shape index (κ1) is 25.3. The molecule has 190 valence electrons. The molecule has 1 unspecified atom stereocenters. The van der Waals surface area contributed by atoms with Gasteiger partial charge in [0.1, 0.15) is 23.3 Å². The molecule has 9 nitrogen and oxygen atoms in total. The molecule has 1 saturated carbocycles. The summed E-state index contributed by atoms with van der Waals surface area (Å²) in [6, 6.07) is 8.94. The minimum atomic E-state index is -4.78. The highest BCUT2D eigenvalue weighted by Crippen LogP contribution is 2.47. The molecule has 1 N–H and O–H groups in total. The number of amides is 1. The number of hydrogen-bond donors (Lipinski definition) is 1. The Bertz CT molecular complexity index is 1310. The van der Waals surface area contributed by atoms with Gasteiger partial charge in [-0.3, -0.25) is 19.6 Å². The molecule has 0 radical (unpaired) electrons. The van der Waals surface area contributed by atoms with Crippen LogP contribution >= 0.6 is 11.6 Å². The second-order valence-electron chi connectivity index (χ2n) is 8.18. The van der Waals surface area contributed by atoms with Gasteiger partial charge in [0, 0.05) is 18.1 Å². The third kappa shape index (κ3) is 5.38. The Labute approximate surface area is 207 Å². The number of anilines is 1. The largest absolute Gasteiger partial charge is 0.497 e. The molecule has 3 aromatic rings. The fraction of sp³-hybridized carbons (Fsp3) is 0.304. The number of hydrogen-bond acceptors (Lipinski definition) is 6. The molecule has 1 heterocycles. The van der Waals surface area contributed by atoms with Gasteiger partial charge in [-0.05, 0) is 44.0 Å². The first-order valence-electron chi connectivity index (χ1n) is 10.7. The van der Waals surface area contributed by atoms with Gasteiger partial charge in [0.25, 0.3) is 5.69 Å². The number of carbonyl (C=O) groups excluding carboxylic acids is 1. The lowest BCUT2D eigenvalue weighted by Crippen LogP contribution is -2.26. The molecule has 1 amide bonds. The number of nitrogens with one attached hydrogen (secondary N) is 1. The Morgan fingerprint density at radius 2 is 1.83 bits per heavy atom. The molecule has 0 aliphatic heterocycles. The number of nitrogens with zero attached hydrogens (tertiary/aromatic N) is 3. The molecule has 2 aromatic carbocycles. The van der Waals surface area contributed by atoms with E-state index in [0.29, 0.717) is 24.3 Å². The van der Waals surface area contributed by atoms with E-state index >= 15 is 0 Å². The van der Waals surface area contributed by atoms with Gasteiger partial charge in [0.15, 0.2) is 5.69 Å². The first-order chi connectivity index (χ1) is 17.0. The number of nitro groups is 1. The Morgan fingerprint density at radius 3 is 2.39 bits per heavy atom. The molecule has 0 bridgehead atoms. The van der Waals surface area contributed by atoms with E-state index in [0.717, 1.165) is 10.7 Å². The Morgan fingerprint density at radius 1 is 1.19 bits per heavy atom. The van der Waals surface area contributed by atoms with Crippen LogP contribution in [0.3, 0.4) is 0 Å². The van der Waals surface area contributed by atoms with E-state index in [1.54, 1.807) is 24.3 Å². The number of non-ortho nitro benzene ring substituents is 1. The van der Waals surface area contributed by atoms with Gasteiger partial charge in [0.05, 0.1) is 34.5 Å². The van der Waals surface area contributed by atoms with E-state index < -0.39 is 33.8 Å². The Balaban J connectivity index is 1.60. The zero-order chi connectivity index (χ0) is 26.2. The third-order valence-electron chi connectivity index (χ3n) is 5.53. The van der Waals surface area contributed by atoms with Crippen molar-refractivity contribution in [1.82, 2.24) is 9.78 Å². The Hall–Kier alpha value is -3.80. The van der Waals surface area contributed by atoms with E-state index in [1.807, 2.05) is 0 Å². The SMILES string of the molecule is COc1ccc(Oc2cc(NC(=O)C(C)n3nc(C(F)(F)F)c(Cl)c3C3CC3)cc([N+](=O)[O-])c2)cc1. The average Bonchev–Trinajstić information content (AvgIpc) is 3.59. The molecule has 4 rings (SSSR count). The van der Waals surface area contributed by atoms with Crippen molar-refractivity contribution in [1.29, 1.82) is 0 Å². The van der Waals surface area contributed by atoms with Crippen LogP contribution in [0.4, 0.5) is 24.5 Å². The molecule has 1 aliphatic rings. The maximum Gasteiger partial charge on any atom is 0.436 e. The molecule has 36 heavy (non-hydrogen) atoms. The van der Waals surface area contributed by atoms with Crippen LogP contribution in [0.2, 0.25) is 5.02 Å². The molecule has 0 saturated heterocycles. The normalized spacial score (nSPS) is 14.3. The van der Waals surface area contributed by atoms with Gasteiger partial charge in [-0.2, -0.15) is 18.3 Å². The van der Waals surface area contributed by atoms with E-state index in [1.165, 1.54) is 26.2 Å². The van der Waals surface area contributed by atoms with Crippen molar-refractivity contribution in [3.05, 3.63) is 69.0 Å². The number of ether oxygens (including phenoxy) is 2. The van der Waals surface area contributed by atoms with Gasteiger partial charge in [-0.1, -0.05) is 11.6 Å². The predicted octanol–water partition coefficient (Wildman–Crippen LogP) is 6.34. The number of rotatable bonds is 8. The standard InChI is InChI=1S/C23H20ClF3N4O5/c1-12(30-20(13-3-4-13)19(24)21(29-30)23(25,26)27)22(32)28-14-9-15(31(33)34)11-18(10-14)36-17-7-5-16(35-2)6-8-17/h5-13H,3-4H2,1-2H3,(H,28,32). The number of halogens is 4. The highest BCUT2D eigenvalue weighted by molar-refractivity contribution is 6.32. The second kappa shape index (κ2) is 9.69. The van der Waals surface area contributed by atoms with Crippen molar-refractivity contribution in [3.63, 3.8) is 0 Å². The van der Waals surface area contributed by atoms with Crippen LogP contribution in [0, 0.1) is 10.1 Å². The zero-order valence-corrected chi connectivity index (χ0v) is 19.8. The molecule has 1 fully saturated rings. The van der Waals surface area contributed by atoms with Gasteiger partial charge in [0.2, 0.25) is 5.91 Å². The van der Waals surface area contributed by atoms with Gasteiger partial charge < -0.3 is 14.8 Å². The monoisotopic (exact) mass is 524 g/mol. The van der Waals surface area contributed by atoms with Crippen molar-refractivity contribution < 1.29 is 32.4 Å². The van der Waals surface area contributed by atoms with Crippen LogP contribution in [0.15, 0.2) is 42.5 Å². The number of benzene rings is 2. The van der Waals surface area contributed by atoms with Crippen LogP contribution in [0.5, 0.6) is 17.2 Å². The molecule has 1 atom stereocenters. The van der Waals surface area contributed by atoms with E-state index in [2.05, 4.69) is 10.4 Å².